The zero-order valence-corrected chi connectivity index (χ0v) is 18.8. The number of amides is 2. The lowest BCUT2D eigenvalue weighted by atomic mass is 10.1. The second kappa shape index (κ2) is 11.1. The van der Waals surface area contributed by atoms with Crippen molar-refractivity contribution < 1.29 is 23.5 Å². The van der Waals surface area contributed by atoms with Gasteiger partial charge >= 0.3 is 0 Å². The van der Waals surface area contributed by atoms with E-state index in [0.717, 1.165) is 11.3 Å². The highest BCUT2D eigenvalue weighted by Gasteiger charge is 2.17. The molecule has 0 saturated carbocycles. The van der Waals surface area contributed by atoms with E-state index in [1.165, 1.54) is 18.2 Å². The second-order valence-corrected chi connectivity index (χ2v) is 7.75. The van der Waals surface area contributed by atoms with Gasteiger partial charge in [-0.25, -0.2) is 4.39 Å². The molecule has 6 nitrogen and oxygen atoms in total. The minimum Gasteiger partial charge on any atom is -0.491 e. The van der Waals surface area contributed by atoms with Crippen LogP contribution in [0.3, 0.4) is 0 Å². The Balaban J connectivity index is 1.64. The predicted octanol–water partition coefficient (Wildman–Crippen LogP) is 5.12. The van der Waals surface area contributed by atoms with Crippen LogP contribution < -0.4 is 20.1 Å². The van der Waals surface area contributed by atoms with Crippen LogP contribution in [0.2, 0.25) is 0 Å². The molecule has 0 aliphatic heterocycles. The topological polar surface area (TPSA) is 76.7 Å². The van der Waals surface area contributed by atoms with Gasteiger partial charge in [0.1, 0.15) is 17.3 Å². The maximum absolute atomic E-state index is 13.7. The van der Waals surface area contributed by atoms with Gasteiger partial charge in [-0.3, -0.25) is 9.59 Å². The lowest BCUT2D eigenvalue weighted by Gasteiger charge is -2.18. The van der Waals surface area contributed by atoms with E-state index in [0.29, 0.717) is 0 Å². The molecule has 0 aromatic heterocycles. The number of para-hydroxylation sites is 2. The van der Waals surface area contributed by atoms with Crippen molar-refractivity contribution in [3.63, 3.8) is 0 Å². The number of carbonyl (C=O) groups is 2. The molecule has 1 atom stereocenters. The number of benzene rings is 3. The summed E-state index contributed by atoms with van der Waals surface area (Å²) in [7, 11) is 0. The van der Waals surface area contributed by atoms with Crippen molar-refractivity contribution in [2.75, 3.05) is 11.9 Å². The molecule has 0 bridgehead atoms. The van der Waals surface area contributed by atoms with E-state index in [2.05, 4.69) is 10.6 Å². The first-order valence-electron chi connectivity index (χ1n) is 10.7. The summed E-state index contributed by atoms with van der Waals surface area (Å²) in [6.07, 6.45) is 0.0461. The molecule has 0 aliphatic rings. The van der Waals surface area contributed by atoms with Gasteiger partial charge in [0.2, 0.25) is 0 Å². The van der Waals surface area contributed by atoms with Crippen LogP contribution in [0.5, 0.6) is 11.5 Å². The third-order valence-corrected chi connectivity index (χ3v) is 4.72. The molecule has 0 aliphatic carbocycles. The Bertz CT molecular complexity index is 1120. The highest BCUT2D eigenvalue weighted by Crippen LogP contribution is 2.23. The van der Waals surface area contributed by atoms with Crippen LogP contribution in [0, 0.1) is 5.82 Å². The Morgan fingerprint density at radius 1 is 0.939 bits per heavy atom. The lowest BCUT2D eigenvalue weighted by molar-refractivity contribution is -0.118. The quantitative estimate of drug-likeness (QED) is 0.474. The summed E-state index contributed by atoms with van der Waals surface area (Å²) in [5.74, 6) is -0.438. The van der Waals surface area contributed by atoms with Gasteiger partial charge in [0.25, 0.3) is 11.8 Å². The van der Waals surface area contributed by atoms with Crippen molar-refractivity contribution >= 4 is 17.5 Å². The van der Waals surface area contributed by atoms with E-state index in [4.69, 9.17) is 9.47 Å². The molecule has 2 amide bonds. The maximum atomic E-state index is 13.7. The number of nitrogens with one attached hydrogen (secondary N) is 2. The Morgan fingerprint density at radius 3 is 2.42 bits per heavy atom. The molecule has 0 radical (unpaired) electrons. The summed E-state index contributed by atoms with van der Waals surface area (Å²) < 4.78 is 25.0. The SMILES string of the molecule is CC(C)Oc1cccc(C(C)NC(=O)c2ccccc2OCC(=O)Nc2ccccc2F)c1. The van der Waals surface area contributed by atoms with E-state index in [9.17, 15) is 14.0 Å². The predicted molar refractivity (Wildman–Crippen MR) is 125 cm³/mol. The molecule has 3 aromatic carbocycles. The van der Waals surface area contributed by atoms with Gasteiger partial charge in [-0.05, 0) is 62.7 Å². The number of hydrogen-bond acceptors (Lipinski definition) is 4. The molecule has 33 heavy (non-hydrogen) atoms. The van der Waals surface area contributed by atoms with Gasteiger partial charge in [-0.1, -0.05) is 36.4 Å². The van der Waals surface area contributed by atoms with Crippen molar-refractivity contribution in [1.82, 2.24) is 5.32 Å². The summed E-state index contributed by atoms with van der Waals surface area (Å²) in [5, 5.41) is 5.39. The molecular weight excluding hydrogens is 423 g/mol. The fourth-order valence-electron chi connectivity index (χ4n) is 3.16. The molecule has 1 unspecified atom stereocenters. The fourth-order valence-corrected chi connectivity index (χ4v) is 3.16. The van der Waals surface area contributed by atoms with Gasteiger partial charge in [-0.15, -0.1) is 0 Å². The lowest BCUT2D eigenvalue weighted by Crippen LogP contribution is -2.28. The highest BCUT2D eigenvalue weighted by molar-refractivity contribution is 5.97. The molecule has 0 fully saturated rings. The molecule has 3 aromatic rings. The van der Waals surface area contributed by atoms with Crippen molar-refractivity contribution in [2.24, 2.45) is 0 Å². The number of hydrogen-bond donors (Lipinski definition) is 2. The molecule has 3 rings (SSSR count). The monoisotopic (exact) mass is 450 g/mol. The minimum atomic E-state index is -0.539. The first-order valence-corrected chi connectivity index (χ1v) is 10.7. The van der Waals surface area contributed by atoms with Crippen LogP contribution in [-0.2, 0) is 4.79 Å². The second-order valence-electron chi connectivity index (χ2n) is 7.75. The van der Waals surface area contributed by atoms with Gasteiger partial charge in [-0.2, -0.15) is 0 Å². The van der Waals surface area contributed by atoms with E-state index in [1.54, 1.807) is 30.3 Å². The van der Waals surface area contributed by atoms with Crippen LogP contribution >= 0.6 is 0 Å². The van der Waals surface area contributed by atoms with Crippen LogP contribution in [0.1, 0.15) is 42.7 Å². The number of carbonyl (C=O) groups excluding carboxylic acids is 2. The summed E-state index contributed by atoms with van der Waals surface area (Å²) in [6.45, 7) is 5.40. The number of rotatable bonds is 9. The van der Waals surface area contributed by atoms with Gasteiger partial charge in [0.05, 0.1) is 23.4 Å². The summed E-state index contributed by atoms with van der Waals surface area (Å²) in [5.41, 5.74) is 1.25. The standard InChI is InChI=1S/C26H27FN2O4/c1-17(2)33-20-10-8-9-19(15-20)18(3)28-26(31)21-11-4-7-14-24(21)32-16-25(30)29-23-13-6-5-12-22(23)27/h4-15,17-18H,16H2,1-3H3,(H,28,31)(H,29,30). The van der Waals surface area contributed by atoms with Crippen molar-refractivity contribution in [3.8, 4) is 11.5 Å². The maximum Gasteiger partial charge on any atom is 0.262 e. The van der Waals surface area contributed by atoms with Crippen molar-refractivity contribution in [2.45, 2.75) is 32.9 Å². The summed E-state index contributed by atoms with van der Waals surface area (Å²) >= 11 is 0. The van der Waals surface area contributed by atoms with E-state index < -0.39 is 11.7 Å². The van der Waals surface area contributed by atoms with Gasteiger partial charge < -0.3 is 20.1 Å². The Kier molecular flexibility index (Phi) is 8.02. The minimum absolute atomic E-state index is 0.0461. The van der Waals surface area contributed by atoms with Crippen LogP contribution in [-0.4, -0.2) is 24.5 Å². The molecular formula is C26H27FN2O4. The molecule has 0 saturated heterocycles. The van der Waals surface area contributed by atoms with E-state index >= 15 is 0 Å². The average Bonchev–Trinajstić information content (AvgIpc) is 2.79. The van der Waals surface area contributed by atoms with Crippen molar-refractivity contribution in [1.29, 1.82) is 0 Å². The highest BCUT2D eigenvalue weighted by atomic mass is 19.1. The Labute approximate surface area is 192 Å². The third-order valence-electron chi connectivity index (χ3n) is 4.72. The number of ether oxygens (including phenoxy) is 2. The molecule has 0 spiro atoms. The molecule has 7 heteroatoms. The van der Waals surface area contributed by atoms with Crippen LogP contribution in [0.15, 0.2) is 72.8 Å². The molecule has 0 heterocycles. The first-order chi connectivity index (χ1) is 15.8. The summed E-state index contributed by atoms with van der Waals surface area (Å²) in [4.78, 5) is 25.1. The van der Waals surface area contributed by atoms with E-state index in [1.807, 2.05) is 45.0 Å². The number of anilines is 1. The number of halogens is 1. The van der Waals surface area contributed by atoms with E-state index in [-0.39, 0.29) is 41.7 Å². The Morgan fingerprint density at radius 2 is 1.67 bits per heavy atom. The normalized spacial score (nSPS) is 11.5. The molecule has 2 N–H and O–H groups in total. The Hall–Kier alpha value is -3.87. The summed E-state index contributed by atoms with van der Waals surface area (Å²) in [6, 6.07) is 19.8. The zero-order chi connectivity index (χ0) is 23.8. The largest absolute Gasteiger partial charge is 0.491 e. The zero-order valence-electron chi connectivity index (χ0n) is 18.8. The first kappa shape index (κ1) is 23.8. The fraction of sp³-hybridized carbons (Fsp3) is 0.231. The smallest absolute Gasteiger partial charge is 0.262 e. The van der Waals surface area contributed by atoms with Crippen LogP contribution in [0.4, 0.5) is 10.1 Å². The molecule has 172 valence electrons. The average molecular weight is 451 g/mol. The van der Waals surface area contributed by atoms with Crippen LogP contribution in [0.25, 0.3) is 0 Å². The van der Waals surface area contributed by atoms with Crippen molar-refractivity contribution in [3.05, 3.63) is 89.7 Å². The third kappa shape index (κ3) is 6.80. The van der Waals surface area contributed by atoms with Gasteiger partial charge in [0, 0.05) is 0 Å². The van der Waals surface area contributed by atoms with Gasteiger partial charge in [0.15, 0.2) is 6.61 Å².